The third-order valence-corrected chi connectivity index (χ3v) is 34.5. The predicted molar refractivity (Wildman–Crippen MR) is 448 cm³/mol. The van der Waals surface area contributed by atoms with Crippen molar-refractivity contribution in [3.63, 3.8) is 0 Å². The van der Waals surface area contributed by atoms with Crippen molar-refractivity contribution in [3.8, 4) is 22.3 Å². The minimum atomic E-state index is 0.253. The molecule has 0 amide bonds. The number of nitrogens with zero attached hydrogens (tertiary/aromatic N) is 4. The topological polar surface area (TPSA) is 13.0 Å². The number of hydrogen-bond acceptors (Lipinski definition) is 5. The van der Waals surface area contributed by atoms with E-state index in [1.54, 1.807) is 16.6 Å². The Morgan fingerprint density at radius 1 is 0.381 bits per heavy atom. The molecule has 12 fully saturated rings. The molecule has 20 rings (SSSR count). The molecule has 0 aromatic heterocycles. The lowest BCUT2D eigenvalue weighted by Gasteiger charge is -2.64. The summed E-state index contributed by atoms with van der Waals surface area (Å²) in [6, 6.07) is 66.2. The Balaban J connectivity index is 0.722. The van der Waals surface area contributed by atoms with Crippen LogP contribution in [-0.2, 0) is 0 Å². The van der Waals surface area contributed by atoms with Gasteiger partial charge in [0.05, 0.1) is 5.69 Å². The van der Waals surface area contributed by atoms with Gasteiger partial charge in [-0.3, -0.25) is 4.90 Å². The van der Waals surface area contributed by atoms with Crippen molar-refractivity contribution in [1.29, 1.82) is 0 Å². The summed E-state index contributed by atoms with van der Waals surface area (Å²) < 4.78 is 0. The van der Waals surface area contributed by atoms with Crippen molar-refractivity contribution < 1.29 is 0 Å². The van der Waals surface area contributed by atoms with Gasteiger partial charge in [0.25, 0.3) is 0 Å². The number of fused-ring (bicyclic) bond motifs is 8. The summed E-state index contributed by atoms with van der Waals surface area (Å²) >= 11 is 2.58. The lowest BCUT2D eigenvalue weighted by Crippen LogP contribution is -2.69. The number of anilines is 4. The van der Waals surface area contributed by atoms with Crippen molar-refractivity contribution in [2.75, 3.05) is 14.7 Å². The quantitative estimate of drug-likeness (QED) is 0.107. The molecule has 12 atom stereocenters. The monoisotopic (exact) mass is 1410 g/mol. The normalized spacial score (nSPS) is 35.0. The number of benzene rings is 6. The Kier molecular flexibility index (Phi) is 19.8. The van der Waals surface area contributed by atoms with Gasteiger partial charge in [0, 0.05) is 81.1 Å². The molecule has 4 heterocycles. The van der Waals surface area contributed by atoms with E-state index in [0.717, 1.165) is 102 Å². The zero-order valence-electron chi connectivity index (χ0n) is 64.1. The highest BCUT2D eigenvalue weighted by Gasteiger charge is 2.64. The fraction of sp³-hybridized carbons (Fsp3) is 0.592. The number of thioether (sulfide) groups is 1. The molecule has 0 bridgehead atoms. The van der Waals surface area contributed by atoms with Gasteiger partial charge in [-0.05, 0) is 240 Å². The Labute approximate surface area is 639 Å². The third kappa shape index (κ3) is 13.0. The fourth-order valence-corrected chi connectivity index (χ4v) is 30.5. The van der Waals surface area contributed by atoms with Gasteiger partial charge in [0.15, 0.2) is 6.71 Å². The summed E-state index contributed by atoms with van der Waals surface area (Å²) in [5.74, 6) is 10.2. The predicted octanol–water partition coefficient (Wildman–Crippen LogP) is 25.0. The molecule has 4 nitrogen and oxygen atoms in total. The lowest BCUT2D eigenvalue weighted by atomic mass is 9.18. The molecule has 10 aliphatic carbocycles. The summed E-state index contributed by atoms with van der Waals surface area (Å²) in [6.07, 6.45) is 58.6. The highest BCUT2D eigenvalue weighted by atomic mass is 32.2. The highest BCUT2D eigenvalue weighted by molar-refractivity contribution is 8.01. The maximum absolute atomic E-state index is 3.47. The second kappa shape index (κ2) is 30.1. The summed E-state index contributed by atoms with van der Waals surface area (Å²) in [5.41, 5.74) is 17.5. The third-order valence-electron chi connectivity index (χ3n) is 32.9. The van der Waals surface area contributed by atoms with Crippen molar-refractivity contribution in [1.82, 2.24) is 4.90 Å². The minimum absolute atomic E-state index is 0.253. The van der Waals surface area contributed by atoms with Crippen LogP contribution in [0.2, 0.25) is 23.3 Å². The molecule has 7 heteroatoms. The summed E-state index contributed by atoms with van der Waals surface area (Å²) in [7, 11) is 0. The standard InChI is InChI=1S/C98H124B2N4S/c1-66-25-24-39-85(75-34-16-6-17-35-75)98(66)104-91-65-94-89(99-86-40-21-20-36-76(86)59-77-60-83(63-95(105-94)96(77)99)101(79-51-43-71(44-52-79)67-26-8-2-9-27-67)80-53-45-72(46-54-80)68-28-10-3-11-29-68)64-88(91)100-87-41-22-23-42-90(87)103(78-37-18-7-19-38-78)92-61-84(62-93(104)97(92)100)102(81-55-47-73(48-56-81)69-30-12-4-13-31-69)82-57-49-74(50-58-82)70-32-14-5-15-33-70/h4,6-7,12-13,16-19,22-25,30-31,34-35,37-39,41-42,47-48,55-56,64-65,67-68,70-72,74,76-77,79-80,82-84,86,89,92-97H,2-3,5,8-11,14-15,20-21,26-29,32-33,36,40,43-46,49-54,57-63H2,1H3. The van der Waals surface area contributed by atoms with Gasteiger partial charge in [-0.25, -0.2) is 0 Å². The number of hydrogen-bond donors (Lipinski definition) is 0. The van der Waals surface area contributed by atoms with E-state index in [9.17, 15) is 0 Å². The SMILES string of the molecule is Cc1cccc(-c2ccccc2)c1N1C2=CC3SC4CC(N(C5CCC(C6CCCCC6)CC5)C5CCC(C6CCCCC6)CC5)CC5CC6CCCCC6B(C3C=C2B2c3ccccc3N(c3ccccc3)C3CC(N(c6ccc(-c7ccccc7)cc6)C6CCC(C7CCCCC7)CC6)CC1C23)C54. The van der Waals surface area contributed by atoms with Gasteiger partial charge in [0.1, 0.15) is 0 Å². The lowest BCUT2D eigenvalue weighted by molar-refractivity contribution is -0.0118. The van der Waals surface area contributed by atoms with Crippen LogP contribution >= 0.6 is 11.8 Å². The smallest absolute Gasteiger partial charge is 0.221 e. The first-order valence-electron chi connectivity index (χ1n) is 44.7. The van der Waals surface area contributed by atoms with Crippen LogP contribution in [0.3, 0.4) is 0 Å². The van der Waals surface area contributed by atoms with Crippen molar-refractivity contribution in [2.24, 2.45) is 47.3 Å². The molecule has 6 aromatic carbocycles. The van der Waals surface area contributed by atoms with Crippen LogP contribution in [0, 0.1) is 54.3 Å². The van der Waals surface area contributed by atoms with Gasteiger partial charge in [-0.2, -0.15) is 11.8 Å². The molecule has 0 radical (unpaired) electrons. The minimum Gasteiger partial charge on any atom is -0.365 e. The highest BCUT2D eigenvalue weighted by Crippen LogP contribution is 2.68. The largest absolute Gasteiger partial charge is 0.365 e. The second-order valence-electron chi connectivity index (χ2n) is 37.8. The van der Waals surface area contributed by atoms with E-state index in [2.05, 4.69) is 208 Å². The Hall–Kier alpha value is -5.36. The van der Waals surface area contributed by atoms with E-state index in [1.807, 2.05) is 0 Å². The number of para-hydroxylation sites is 3. The molecule has 105 heavy (non-hydrogen) atoms. The van der Waals surface area contributed by atoms with Gasteiger partial charge in [0.2, 0.25) is 6.71 Å². The second-order valence-corrected chi connectivity index (χ2v) is 39.3. The molecule has 3 saturated heterocycles. The summed E-state index contributed by atoms with van der Waals surface area (Å²) in [4.78, 5) is 12.7. The first kappa shape index (κ1) is 68.9. The molecule has 0 spiro atoms. The van der Waals surface area contributed by atoms with E-state index < -0.39 is 0 Å². The Morgan fingerprint density at radius 2 is 0.905 bits per heavy atom. The number of aryl methyl sites for hydroxylation is 1. The number of rotatable bonds is 13. The molecule has 12 unspecified atom stereocenters. The van der Waals surface area contributed by atoms with E-state index in [4.69, 9.17) is 0 Å². The van der Waals surface area contributed by atoms with Crippen LogP contribution in [0.5, 0.6) is 0 Å². The summed E-state index contributed by atoms with van der Waals surface area (Å²) in [6.45, 7) is 3.58. The number of allylic oxidation sites excluding steroid dienone is 2. The molecular weight excluding hydrogens is 1290 g/mol. The summed E-state index contributed by atoms with van der Waals surface area (Å²) in [5, 5.41) is 1.20. The van der Waals surface area contributed by atoms with E-state index in [1.165, 1.54) is 269 Å². The average Bonchev–Trinajstić information content (AvgIpc) is 0.687. The van der Waals surface area contributed by atoms with Crippen LogP contribution in [0.4, 0.5) is 22.7 Å². The van der Waals surface area contributed by atoms with Crippen molar-refractivity contribution >= 4 is 53.4 Å². The Morgan fingerprint density at radius 3 is 1.53 bits per heavy atom. The van der Waals surface area contributed by atoms with Gasteiger partial charge in [-0.15, -0.1) is 0 Å². The van der Waals surface area contributed by atoms with Crippen LogP contribution in [-0.4, -0.2) is 71.1 Å². The van der Waals surface area contributed by atoms with E-state index in [-0.39, 0.29) is 12.1 Å². The van der Waals surface area contributed by atoms with Crippen LogP contribution in [0.15, 0.2) is 181 Å². The average molecular weight is 1410 g/mol. The molecule has 6 aromatic rings. The molecule has 9 saturated carbocycles. The van der Waals surface area contributed by atoms with E-state index in [0.29, 0.717) is 35.7 Å². The first-order chi connectivity index (χ1) is 52.0. The van der Waals surface area contributed by atoms with Crippen LogP contribution in [0.1, 0.15) is 237 Å². The molecule has 4 aliphatic heterocycles. The van der Waals surface area contributed by atoms with Gasteiger partial charge in [-0.1, -0.05) is 272 Å². The zero-order valence-corrected chi connectivity index (χ0v) is 64.9. The van der Waals surface area contributed by atoms with Crippen molar-refractivity contribution in [3.05, 3.63) is 187 Å². The maximum atomic E-state index is 3.47. The zero-order chi connectivity index (χ0) is 69.5. The van der Waals surface area contributed by atoms with E-state index >= 15 is 0 Å². The molecule has 548 valence electrons. The molecule has 14 aliphatic rings. The van der Waals surface area contributed by atoms with Crippen LogP contribution < -0.4 is 20.2 Å². The van der Waals surface area contributed by atoms with Crippen molar-refractivity contribution in [2.45, 2.75) is 314 Å². The van der Waals surface area contributed by atoms with Gasteiger partial charge < -0.3 is 14.7 Å². The molecular formula is C98H124B2N4S. The van der Waals surface area contributed by atoms with Gasteiger partial charge >= 0.3 is 0 Å². The van der Waals surface area contributed by atoms with Crippen LogP contribution in [0.25, 0.3) is 22.3 Å². The first-order valence-corrected chi connectivity index (χ1v) is 45.6. The Bertz CT molecular complexity index is 3940. The maximum Gasteiger partial charge on any atom is 0.221 e. The molecule has 0 N–H and O–H groups in total. The fourth-order valence-electron chi connectivity index (χ4n) is 28.6.